The maximum absolute atomic E-state index is 13.2. The number of thiol groups is 1. The minimum atomic E-state index is -1.97. The molecule has 0 aromatic heterocycles. The number of aliphatic hydroxyl groups is 11. The molecule has 3 saturated heterocycles. The van der Waals surface area contributed by atoms with Crippen LogP contribution in [0.5, 0.6) is 0 Å². The topological polar surface area (TPSA) is 307 Å². The van der Waals surface area contributed by atoms with E-state index in [-0.39, 0.29) is 18.9 Å². The summed E-state index contributed by atoms with van der Waals surface area (Å²) in [7, 11) is 0. The number of rotatable bonds is 40. The molecule has 3 fully saturated rings. The van der Waals surface area contributed by atoms with E-state index < -0.39 is 124 Å². The first-order chi connectivity index (χ1) is 34.8. The summed E-state index contributed by atoms with van der Waals surface area (Å²) < 4.78 is 34.1. The van der Waals surface area contributed by atoms with Crippen LogP contribution in [0.1, 0.15) is 174 Å². The number of hydrogen-bond acceptors (Lipinski definition) is 19. The zero-order chi connectivity index (χ0) is 52.7. The number of nitrogens with one attached hydrogen (secondary N) is 1. The van der Waals surface area contributed by atoms with Crippen molar-refractivity contribution in [1.29, 1.82) is 0 Å². The van der Waals surface area contributed by atoms with Gasteiger partial charge in [0, 0.05) is 6.42 Å². The van der Waals surface area contributed by atoms with Crippen molar-refractivity contribution in [2.24, 2.45) is 0 Å². The first-order valence-electron chi connectivity index (χ1n) is 27.6. The summed E-state index contributed by atoms with van der Waals surface area (Å²) in [4.78, 5) is 13.2. The van der Waals surface area contributed by atoms with Gasteiger partial charge in [-0.2, -0.15) is 12.6 Å². The molecule has 20 heteroatoms. The molecule has 17 atom stereocenters. The van der Waals surface area contributed by atoms with Crippen LogP contribution < -0.4 is 5.32 Å². The van der Waals surface area contributed by atoms with Crippen LogP contribution in [0.15, 0.2) is 12.2 Å². The van der Waals surface area contributed by atoms with Gasteiger partial charge in [-0.3, -0.25) is 4.79 Å². The molecule has 12 N–H and O–H groups in total. The Hall–Kier alpha value is -1.12. The highest BCUT2D eigenvalue weighted by molar-refractivity contribution is 7.80. The normalized spacial score (nSPS) is 32.0. The Morgan fingerprint density at radius 3 is 1.40 bits per heavy atom. The van der Waals surface area contributed by atoms with Crippen LogP contribution in [0.25, 0.3) is 0 Å². The van der Waals surface area contributed by atoms with E-state index in [0.29, 0.717) is 6.42 Å². The van der Waals surface area contributed by atoms with Crippen molar-refractivity contribution in [3.8, 4) is 0 Å². The van der Waals surface area contributed by atoms with Gasteiger partial charge in [-0.15, -0.1) is 0 Å². The second-order valence-electron chi connectivity index (χ2n) is 20.1. The summed E-state index contributed by atoms with van der Waals surface area (Å²) >= 11 is 4.27. The monoisotopic (exact) mass is 1060 g/mol. The molecular weight excluding hydrogens is 959 g/mol. The molecule has 3 aliphatic rings. The second kappa shape index (κ2) is 38.4. The third kappa shape index (κ3) is 23.2. The Morgan fingerprint density at radius 2 is 0.931 bits per heavy atom. The molecule has 0 aliphatic carbocycles. The number of allylic oxidation sites excluding steroid dienone is 1. The molecule has 0 bridgehead atoms. The molecule has 1 amide bonds. The Bertz CT molecular complexity index is 1390. The van der Waals surface area contributed by atoms with E-state index >= 15 is 0 Å². The summed E-state index contributed by atoms with van der Waals surface area (Å²) in [5.74, 6) is 0.683. The lowest BCUT2D eigenvalue weighted by Crippen LogP contribution is -2.66. The van der Waals surface area contributed by atoms with Gasteiger partial charge in [0.05, 0.1) is 38.6 Å². The van der Waals surface area contributed by atoms with Crippen LogP contribution in [0.2, 0.25) is 0 Å². The van der Waals surface area contributed by atoms with Gasteiger partial charge in [0.2, 0.25) is 5.91 Å². The van der Waals surface area contributed by atoms with Crippen molar-refractivity contribution in [2.75, 3.05) is 32.2 Å². The van der Waals surface area contributed by atoms with Crippen molar-refractivity contribution < 1.29 is 89.4 Å². The lowest BCUT2D eigenvalue weighted by atomic mass is 9.96. The van der Waals surface area contributed by atoms with E-state index in [4.69, 9.17) is 28.4 Å². The first kappa shape index (κ1) is 65.2. The Balaban J connectivity index is 1.54. The number of carbonyl (C=O) groups excluding carboxylic acids is 1. The highest BCUT2D eigenvalue weighted by Gasteiger charge is 2.53. The summed E-state index contributed by atoms with van der Waals surface area (Å²) in [6.45, 7) is -0.544. The quantitative estimate of drug-likeness (QED) is 0.0238. The van der Waals surface area contributed by atoms with Gasteiger partial charge < -0.3 is 89.9 Å². The number of ether oxygens (including phenoxy) is 6. The minimum absolute atomic E-state index is 0.243. The highest BCUT2D eigenvalue weighted by Crippen LogP contribution is 2.33. The molecule has 0 unspecified atom stereocenters. The molecule has 3 rings (SSSR count). The number of amides is 1. The third-order valence-corrected chi connectivity index (χ3v) is 14.5. The molecule has 0 aromatic rings. The average Bonchev–Trinajstić information content (AvgIpc) is 3.37. The average molecular weight is 1060 g/mol. The predicted octanol–water partition coefficient (Wildman–Crippen LogP) is 2.95. The number of aliphatic hydroxyl groups excluding tert-OH is 11. The van der Waals surface area contributed by atoms with Crippen LogP contribution in [-0.2, 0) is 33.2 Å². The fourth-order valence-electron chi connectivity index (χ4n) is 9.52. The Labute approximate surface area is 434 Å². The zero-order valence-electron chi connectivity index (χ0n) is 43.1. The maximum atomic E-state index is 13.2. The standard InChI is InChI=1S/C52H97NO18S/c1-2-3-4-5-6-7-8-10-13-16-19-22-25-28-36(57)35(53-40(58)29-26-23-20-17-14-11-9-12-15-18-21-24-27-30-72)34-66-50-46(64)43(61)48(38(32-55)68-50)71-52-47(65)44(62)49(39(33-56)69-52)70-51-45(63)42(60)41(59)37(31-54)67-51/h25,28,35-39,41-52,54-57,59-65,72H,2-24,26-27,29-34H2,1H3,(H,53,58)/b28-25+/t35-,36+,37+,38+,39+,41-,42-,43+,44+,45+,46+,47+,48+,49-,50+,51+,52-/m0/s1. The van der Waals surface area contributed by atoms with Crippen LogP contribution in [-0.4, -0.2) is 199 Å². The van der Waals surface area contributed by atoms with Gasteiger partial charge in [-0.05, 0) is 31.4 Å². The van der Waals surface area contributed by atoms with Crippen LogP contribution in [0.3, 0.4) is 0 Å². The van der Waals surface area contributed by atoms with E-state index in [2.05, 4.69) is 24.9 Å². The van der Waals surface area contributed by atoms with E-state index in [9.17, 15) is 61.0 Å². The molecule has 72 heavy (non-hydrogen) atoms. The van der Waals surface area contributed by atoms with E-state index in [1.807, 2.05) is 6.08 Å². The molecule has 3 aliphatic heterocycles. The lowest BCUT2D eigenvalue weighted by Gasteiger charge is -2.48. The number of unbranched alkanes of at least 4 members (excludes halogenated alkanes) is 23. The smallest absolute Gasteiger partial charge is 0.220 e. The van der Waals surface area contributed by atoms with Crippen molar-refractivity contribution in [2.45, 2.75) is 278 Å². The molecular formula is C52H97NO18S. The summed E-state index contributed by atoms with van der Waals surface area (Å²) in [6.07, 6.45) is 5.99. The van der Waals surface area contributed by atoms with E-state index in [0.717, 1.165) is 50.7 Å². The van der Waals surface area contributed by atoms with Crippen LogP contribution >= 0.6 is 12.6 Å². The molecule has 0 radical (unpaired) electrons. The van der Waals surface area contributed by atoms with Crippen molar-refractivity contribution >= 4 is 18.5 Å². The summed E-state index contributed by atoms with van der Waals surface area (Å²) in [6, 6.07) is -0.968. The molecule has 19 nitrogen and oxygen atoms in total. The van der Waals surface area contributed by atoms with Gasteiger partial charge in [-0.1, -0.05) is 154 Å². The van der Waals surface area contributed by atoms with Crippen molar-refractivity contribution in [1.82, 2.24) is 5.32 Å². The highest BCUT2D eigenvalue weighted by atomic mass is 32.1. The zero-order valence-corrected chi connectivity index (χ0v) is 44.0. The van der Waals surface area contributed by atoms with Crippen LogP contribution in [0.4, 0.5) is 0 Å². The maximum Gasteiger partial charge on any atom is 0.220 e. The van der Waals surface area contributed by atoms with Crippen molar-refractivity contribution in [3.05, 3.63) is 12.2 Å². The van der Waals surface area contributed by atoms with Gasteiger partial charge in [0.1, 0.15) is 73.2 Å². The van der Waals surface area contributed by atoms with Gasteiger partial charge in [-0.25, -0.2) is 0 Å². The van der Waals surface area contributed by atoms with Gasteiger partial charge >= 0.3 is 0 Å². The van der Waals surface area contributed by atoms with E-state index in [1.165, 1.54) is 109 Å². The van der Waals surface area contributed by atoms with E-state index in [1.54, 1.807) is 6.08 Å². The summed E-state index contributed by atoms with van der Waals surface area (Å²) in [5.41, 5.74) is 0. The lowest BCUT2D eigenvalue weighted by molar-refractivity contribution is -0.379. The first-order valence-corrected chi connectivity index (χ1v) is 28.2. The third-order valence-electron chi connectivity index (χ3n) is 14.1. The fourth-order valence-corrected chi connectivity index (χ4v) is 9.75. The molecule has 0 saturated carbocycles. The molecule has 0 spiro atoms. The SMILES string of the molecule is CCCCCCCCCCCCC/C=C/[C@@H](O)[C@H](CO[C@@H]1O[C@H](CO)[C@@H](O[C@@H]2O[C@H](CO)[C@H](O[C@H]3O[C@H](CO)[C@H](O)[C@H](O)[C@H]3O)[C@H](O)[C@H]2O)[C@H](O)[C@H]1O)NC(=O)CCCCCCCCCCCCCCCS. The van der Waals surface area contributed by atoms with Crippen molar-refractivity contribution in [3.63, 3.8) is 0 Å². The number of carbonyl (C=O) groups is 1. The molecule has 424 valence electrons. The Kier molecular flexibility index (Phi) is 34.8. The molecule has 3 heterocycles. The number of hydrogen-bond donors (Lipinski definition) is 13. The summed E-state index contributed by atoms with van der Waals surface area (Å²) in [5, 5.41) is 120. The minimum Gasteiger partial charge on any atom is -0.394 e. The Morgan fingerprint density at radius 1 is 0.528 bits per heavy atom. The van der Waals surface area contributed by atoms with Crippen LogP contribution in [0, 0.1) is 0 Å². The van der Waals surface area contributed by atoms with Gasteiger partial charge in [0.15, 0.2) is 18.9 Å². The molecule has 0 aromatic carbocycles. The predicted molar refractivity (Wildman–Crippen MR) is 272 cm³/mol. The fraction of sp³-hybridized carbons (Fsp3) is 0.942. The van der Waals surface area contributed by atoms with Gasteiger partial charge in [0.25, 0.3) is 0 Å². The second-order valence-corrected chi connectivity index (χ2v) is 20.6. The largest absolute Gasteiger partial charge is 0.394 e.